The van der Waals surface area contributed by atoms with E-state index in [1.165, 1.54) is 17.4 Å². The van der Waals surface area contributed by atoms with E-state index in [0.29, 0.717) is 22.8 Å². The number of rotatable bonds is 8. The Morgan fingerprint density at radius 2 is 2.03 bits per heavy atom. The highest BCUT2D eigenvalue weighted by Crippen LogP contribution is 2.32. The van der Waals surface area contributed by atoms with Crippen LogP contribution >= 0.6 is 23.1 Å². The number of carbonyl (C=O) groups excluding carboxylic acids is 1. The Morgan fingerprint density at radius 3 is 2.81 bits per heavy atom. The summed E-state index contributed by atoms with van der Waals surface area (Å²) in [7, 11) is 0. The van der Waals surface area contributed by atoms with Crippen LogP contribution in [-0.4, -0.2) is 60.9 Å². The molecule has 1 aliphatic heterocycles. The number of anilines is 1. The highest BCUT2D eigenvalue weighted by molar-refractivity contribution is 7.99. The predicted octanol–water partition coefficient (Wildman–Crippen LogP) is 4.92. The van der Waals surface area contributed by atoms with Crippen LogP contribution in [0.3, 0.4) is 0 Å². The maximum absolute atomic E-state index is 14.3. The molecule has 4 rings (SSSR count). The highest BCUT2D eigenvalue weighted by atomic mass is 32.2. The van der Waals surface area contributed by atoms with E-state index in [0.717, 1.165) is 54.6 Å². The van der Waals surface area contributed by atoms with Crippen molar-refractivity contribution >= 4 is 44.4 Å². The molecule has 0 bridgehead atoms. The zero-order chi connectivity index (χ0) is 21.6. The Bertz CT molecular complexity index is 1040. The third-order valence-electron chi connectivity index (χ3n) is 5.21. The quantitative estimate of drug-likeness (QED) is 0.448. The largest absolute Gasteiger partial charge is 0.379 e. The Balaban J connectivity index is 1.61. The Morgan fingerprint density at radius 1 is 1.23 bits per heavy atom. The molecule has 0 saturated carbocycles. The molecule has 0 unspecified atom stereocenters. The molecule has 2 heterocycles. The molecule has 3 aromatic rings. The van der Waals surface area contributed by atoms with E-state index in [1.54, 1.807) is 22.7 Å². The van der Waals surface area contributed by atoms with Gasteiger partial charge in [-0.1, -0.05) is 36.5 Å². The number of ether oxygens (including phenoxy) is 1. The second-order valence-electron chi connectivity index (χ2n) is 7.28. The molecule has 1 amide bonds. The van der Waals surface area contributed by atoms with Crippen molar-refractivity contribution in [3.8, 4) is 0 Å². The molecule has 0 aliphatic carbocycles. The molecule has 8 heteroatoms. The van der Waals surface area contributed by atoms with Crippen molar-refractivity contribution in [3.05, 3.63) is 53.8 Å². The second kappa shape index (κ2) is 10.5. The van der Waals surface area contributed by atoms with Gasteiger partial charge < -0.3 is 4.74 Å². The lowest BCUT2D eigenvalue weighted by molar-refractivity contribution is 0.0376. The number of fused-ring (bicyclic) bond motifs is 1. The first-order valence-electron chi connectivity index (χ1n) is 10.6. The molecule has 5 nitrogen and oxygen atoms in total. The van der Waals surface area contributed by atoms with Crippen LogP contribution in [0.4, 0.5) is 9.52 Å². The summed E-state index contributed by atoms with van der Waals surface area (Å²) < 4.78 is 20.4. The number of benzene rings is 2. The molecular weight excluding hydrogens is 433 g/mol. The van der Waals surface area contributed by atoms with Crippen molar-refractivity contribution < 1.29 is 13.9 Å². The molecule has 0 atom stereocenters. The number of hydrogen-bond acceptors (Lipinski definition) is 6. The average molecular weight is 460 g/mol. The van der Waals surface area contributed by atoms with Crippen LogP contribution in [0.5, 0.6) is 0 Å². The molecule has 1 aromatic heterocycles. The van der Waals surface area contributed by atoms with Gasteiger partial charge in [-0.3, -0.25) is 14.6 Å². The highest BCUT2D eigenvalue weighted by Gasteiger charge is 2.24. The standard InChI is InChI=1S/C23H26FN3O2S2/c1-2-30-19-9-4-3-7-17(19)22(28)27(12-6-11-26-13-15-29-16-14-26)23-25-21-18(24)8-5-10-20(21)31-23/h3-5,7-10H,2,6,11-16H2,1H3. The van der Waals surface area contributed by atoms with Crippen molar-refractivity contribution in [2.24, 2.45) is 0 Å². The molecule has 31 heavy (non-hydrogen) atoms. The summed E-state index contributed by atoms with van der Waals surface area (Å²) in [5.41, 5.74) is 0.991. The van der Waals surface area contributed by atoms with Crippen LogP contribution in [0.25, 0.3) is 10.2 Å². The summed E-state index contributed by atoms with van der Waals surface area (Å²) in [5, 5.41) is 0.545. The number of hydrogen-bond donors (Lipinski definition) is 0. The summed E-state index contributed by atoms with van der Waals surface area (Å²) >= 11 is 3.01. The molecule has 1 saturated heterocycles. The normalized spacial score (nSPS) is 14.8. The van der Waals surface area contributed by atoms with E-state index in [9.17, 15) is 9.18 Å². The van der Waals surface area contributed by atoms with Gasteiger partial charge in [0.2, 0.25) is 0 Å². The number of para-hydroxylation sites is 1. The van der Waals surface area contributed by atoms with Crippen LogP contribution < -0.4 is 4.90 Å². The Hall–Kier alpha value is -2.00. The lowest BCUT2D eigenvalue weighted by Crippen LogP contribution is -2.39. The maximum atomic E-state index is 14.3. The number of morpholine rings is 1. The molecule has 0 N–H and O–H groups in total. The summed E-state index contributed by atoms with van der Waals surface area (Å²) in [6, 6.07) is 12.6. The van der Waals surface area contributed by atoms with Crippen molar-refractivity contribution in [2.45, 2.75) is 18.2 Å². The fourth-order valence-electron chi connectivity index (χ4n) is 3.65. The second-order valence-corrected chi connectivity index (χ2v) is 9.59. The van der Waals surface area contributed by atoms with Crippen LogP contribution in [-0.2, 0) is 4.74 Å². The van der Waals surface area contributed by atoms with Gasteiger partial charge in [0.15, 0.2) is 5.13 Å². The van der Waals surface area contributed by atoms with Crippen LogP contribution in [0.15, 0.2) is 47.4 Å². The first-order chi connectivity index (χ1) is 15.2. The fourth-order valence-corrected chi connectivity index (χ4v) is 5.45. The lowest BCUT2D eigenvalue weighted by Gasteiger charge is -2.28. The van der Waals surface area contributed by atoms with Crippen LogP contribution in [0, 0.1) is 5.82 Å². The topological polar surface area (TPSA) is 45.7 Å². The smallest absolute Gasteiger partial charge is 0.261 e. The number of nitrogens with zero attached hydrogens (tertiary/aromatic N) is 3. The third kappa shape index (κ3) is 5.26. The van der Waals surface area contributed by atoms with Crippen molar-refractivity contribution in [3.63, 3.8) is 0 Å². The minimum Gasteiger partial charge on any atom is -0.379 e. The van der Waals surface area contributed by atoms with E-state index in [4.69, 9.17) is 4.74 Å². The van der Waals surface area contributed by atoms with E-state index in [1.807, 2.05) is 30.3 Å². The van der Waals surface area contributed by atoms with Gasteiger partial charge in [-0.25, -0.2) is 9.37 Å². The summed E-state index contributed by atoms with van der Waals surface area (Å²) in [6.07, 6.45) is 0.813. The van der Waals surface area contributed by atoms with Gasteiger partial charge >= 0.3 is 0 Å². The van der Waals surface area contributed by atoms with Crippen LogP contribution in [0.1, 0.15) is 23.7 Å². The number of amides is 1. The SMILES string of the molecule is CCSc1ccccc1C(=O)N(CCCN1CCOCC1)c1nc2c(F)cccc2s1. The van der Waals surface area contributed by atoms with E-state index >= 15 is 0 Å². The maximum Gasteiger partial charge on any atom is 0.261 e. The summed E-state index contributed by atoms with van der Waals surface area (Å²) in [5.74, 6) is 0.439. The first-order valence-corrected chi connectivity index (χ1v) is 12.4. The number of carbonyl (C=O) groups is 1. The van der Waals surface area contributed by atoms with Gasteiger partial charge in [-0.2, -0.15) is 0 Å². The van der Waals surface area contributed by atoms with Gasteiger partial charge in [0.05, 0.1) is 23.5 Å². The number of thiazole rings is 1. The zero-order valence-electron chi connectivity index (χ0n) is 17.6. The molecule has 1 aliphatic rings. The predicted molar refractivity (Wildman–Crippen MR) is 126 cm³/mol. The number of halogens is 1. The van der Waals surface area contributed by atoms with E-state index in [-0.39, 0.29) is 11.7 Å². The first kappa shape index (κ1) is 22.2. The zero-order valence-corrected chi connectivity index (χ0v) is 19.2. The van der Waals surface area contributed by atoms with Gasteiger partial charge in [-0.15, -0.1) is 11.8 Å². The lowest BCUT2D eigenvalue weighted by atomic mass is 10.2. The number of thioether (sulfide) groups is 1. The molecule has 0 radical (unpaired) electrons. The van der Waals surface area contributed by atoms with Crippen LogP contribution in [0.2, 0.25) is 0 Å². The minimum atomic E-state index is -0.359. The van der Waals surface area contributed by atoms with E-state index in [2.05, 4.69) is 16.8 Å². The molecular formula is C23H26FN3O2S2. The van der Waals surface area contributed by atoms with Gasteiger partial charge in [0, 0.05) is 31.1 Å². The molecule has 164 valence electrons. The van der Waals surface area contributed by atoms with Crippen molar-refractivity contribution in [1.82, 2.24) is 9.88 Å². The minimum absolute atomic E-state index is 0.0852. The van der Waals surface area contributed by atoms with E-state index < -0.39 is 0 Å². The van der Waals surface area contributed by atoms with Crippen molar-refractivity contribution in [1.29, 1.82) is 0 Å². The average Bonchev–Trinajstić information content (AvgIpc) is 3.23. The van der Waals surface area contributed by atoms with Gasteiger partial charge in [-0.05, 0) is 36.4 Å². The van der Waals surface area contributed by atoms with Gasteiger partial charge in [0.1, 0.15) is 11.3 Å². The monoisotopic (exact) mass is 459 g/mol. The number of aromatic nitrogens is 1. The van der Waals surface area contributed by atoms with Crippen molar-refractivity contribution in [2.75, 3.05) is 50.0 Å². The Labute approximate surface area is 190 Å². The molecule has 0 spiro atoms. The molecule has 1 fully saturated rings. The van der Waals surface area contributed by atoms with Gasteiger partial charge in [0.25, 0.3) is 5.91 Å². The summed E-state index contributed by atoms with van der Waals surface area (Å²) in [6.45, 7) is 6.82. The molecule has 2 aromatic carbocycles. The summed E-state index contributed by atoms with van der Waals surface area (Å²) in [4.78, 5) is 23.2. The Kier molecular flexibility index (Phi) is 7.55. The fraction of sp³-hybridized carbons (Fsp3) is 0.391. The third-order valence-corrected chi connectivity index (χ3v) is 7.21.